The Balaban J connectivity index is 1.05. The number of nitrogens with zero attached hydrogens (tertiary/aromatic N) is 1. The van der Waals surface area contributed by atoms with Crippen molar-refractivity contribution in [1.29, 1.82) is 0 Å². The van der Waals surface area contributed by atoms with Gasteiger partial charge in [0, 0.05) is 37.2 Å². The molecule has 1 nitrogen and oxygen atoms in total. The number of anilines is 3. The Hall–Kier alpha value is -7.52. The fraction of sp³-hybridized carbons (Fsp3) is 0.0169. The Morgan fingerprint density at radius 1 is 0.311 bits per heavy atom. The fourth-order valence-electron chi connectivity index (χ4n) is 10.0. The van der Waals surface area contributed by atoms with Gasteiger partial charge in [-0.25, -0.2) is 0 Å². The molecule has 1 aliphatic carbocycles. The van der Waals surface area contributed by atoms with Gasteiger partial charge in [-0.3, -0.25) is 0 Å². The predicted octanol–water partition coefficient (Wildman–Crippen LogP) is 16.4. The van der Waals surface area contributed by atoms with Crippen molar-refractivity contribution in [1.82, 2.24) is 0 Å². The van der Waals surface area contributed by atoms with Gasteiger partial charge in [0.2, 0.25) is 0 Å². The van der Waals surface area contributed by atoms with Crippen LogP contribution < -0.4 is 4.90 Å². The average Bonchev–Trinajstić information content (AvgIpc) is 3.85. The Morgan fingerprint density at radius 2 is 0.902 bits per heavy atom. The highest BCUT2D eigenvalue weighted by Gasteiger charge is 2.46. The maximum atomic E-state index is 2.46. The summed E-state index contributed by atoms with van der Waals surface area (Å²) in [6, 6.07) is 87.4. The molecule has 61 heavy (non-hydrogen) atoms. The topological polar surface area (TPSA) is 3.24 Å². The summed E-state index contributed by atoms with van der Waals surface area (Å²) in [5.41, 5.74) is 15.3. The van der Waals surface area contributed by atoms with Gasteiger partial charge in [0.15, 0.2) is 0 Å². The Labute approximate surface area is 360 Å². The third kappa shape index (κ3) is 5.68. The summed E-state index contributed by atoms with van der Waals surface area (Å²) >= 11 is 1.87. The molecule has 0 bridgehead atoms. The van der Waals surface area contributed by atoms with Crippen molar-refractivity contribution >= 4 is 59.3 Å². The number of hydrogen-bond acceptors (Lipinski definition) is 2. The second-order valence-corrected chi connectivity index (χ2v) is 17.1. The third-order valence-corrected chi connectivity index (χ3v) is 13.9. The number of hydrogen-bond donors (Lipinski definition) is 0. The third-order valence-electron chi connectivity index (χ3n) is 12.7. The monoisotopic (exact) mass is 793 g/mol. The van der Waals surface area contributed by atoms with E-state index in [9.17, 15) is 0 Å². The zero-order valence-corrected chi connectivity index (χ0v) is 34.2. The van der Waals surface area contributed by atoms with E-state index in [-0.39, 0.29) is 0 Å². The van der Waals surface area contributed by atoms with Crippen LogP contribution in [0.25, 0.3) is 64.3 Å². The summed E-state index contributed by atoms with van der Waals surface area (Å²) in [6.45, 7) is 0. The van der Waals surface area contributed by atoms with Crippen LogP contribution in [-0.4, -0.2) is 0 Å². The lowest BCUT2D eigenvalue weighted by Crippen LogP contribution is -2.28. The SMILES string of the molecule is c1ccc(C2(c3ccccc3)c3ccccc3-c3ccc(N(c4ccc(-c5ccc6c(c5)sc5ccccc56)cc4)c4cccc(-c5cccc6ccccc56)c4)cc32)cc1. The molecule has 11 aromatic rings. The molecule has 0 saturated carbocycles. The molecule has 0 spiro atoms. The summed E-state index contributed by atoms with van der Waals surface area (Å²) in [6.07, 6.45) is 0. The Bertz CT molecular complexity index is 3370. The molecule has 0 amide bonds. The molecule has 0 saturated heterocycles. The maximum Gasteiger partial charge on any atom is 0.0714 e. The maximum absolute atomic E-state index is 2.46. The van der Waals surface area contributed by atoms with Gasteiger partial charge in [-0.15, -0.1) is 11.3 Å². The first-order valence-corrected chi connectivity index (χ1v) is 21.8. The molecule has 0 atom stereocenters. The minimum atomic E-state index is -0.504. The van der Waals surface area contributed by atoms with Crippen molar-refractivity contribution in [3.8, 4) is 33.4 Å². The van der Waals surface area contributed by atoms with Crippen LogP contribution in [0.15, 0.2) is 237 Å². The van der Waals surface area contributed by atoms with E-state index in [1.54, 1.807) is 0 Å². The molecule has 0 fully saturated rings. The first kappa shape index (κ1) is 35.4. The van der Waals surface area contributed by atoms with Gasteiger partial charge >= 0.3 is 0 Å². The van der Waals surface area contributed by atoms with Crippen molar-refractivity contribution < 1.29 is 0 Å². The normalized spacial score (nSPS) is 12.7. The number of rotatable bonds is 7. The molecule has 2 heteroatoms. The highest BCUT2D eigenvalue weighted by Crippen LogP contribution is 2.57. The highest BCUT2D eigenvalue weighted by atomic mass is 32.1. The van der Waals surface area contributed by atoms with E-state index >= 15 is 0 Å². The number of benzene rings is 10. The van der Waals surface area contributed by atoms with Crippen molar-refractivity contribution in [2.24, 2.45) is 0 Å². The minimum absolute atomic E-state index is 0.504. The van der Waals surface area contributed by atoms with Crippen LogP contribution in [0.1, 0.15) is 22.3 Å². The fourth-order valence-corrected chi connectivity index (χ4v) is 11.2. The molecule has 0 unspecified atom stereocenters. The molecule has 0 aliphatic heterocycles. The van der Waals surface area contributed by atoms with Gasteiger partial charge in [-0.05, 0) is 115 Å². The van der Waals surface area contributed by atoms with Crippen LogP contribution in [0.4, 0.5) is 17.1 Å². The molecule has 286 valence electrons. The van der Waals surface area contributed by atoms with Gasteiger partial charge < -0.3 is 4.90 Å². The molecular weight excluding hydrogens is 755 g/mol. The quantitative estimate of drug-likeness (QED) is 0.155. The van der Waals surface area contributed by atoms with Crippen molar-refractivity contribution in [2.45, 2.75) is 5.41 Å². The van der Waals surface area contributed by atoms with E-state index in [4.69, 9.17) is 0 Å². The molecule has 10 aromatic carbocycles. The second kappa shape index (κ2) is 14.3. The summed E-state index contributed by atoms with van der Waals surface area (Å²) in [5.74, 6) is 0. The second-order valence-electron chi connectivity index (χ2n) is 16.0. The zero-order chi connectivity index (χ0) is 40.3. The Kier molecular flexibility index (Phi) is 8.33. The molecular formula is C59H39NS. The van der Waals surface area contributed by atoms with Crippen molar-refractivity contribution in [2.75, 3.05) is 4.90 Å². The average molecular weight is 794 g/mol. The lowest BCUT2D eigenvalue weighted by atomic mass is 9.67. The summed E-state index contributed by atoms with van der Waals surface area (Å²) < 4.78 is 2.64. The molecule has 12 rings (SSSR count). The first-order chi connectivity index (χ1) is 30.2. The van der Waals surface area contributed by atoms with E-state index in [1.807, 2.05) is 11.3 Å². The molecule has 0 radical (unpaired) electrons. The Morgan fingerprint density at radius 3 is 1.72 bits per heavy atom. The molecule has 1 aliphatic rings. The van der Waals surface area contributed by atoms with Crippen LogP contribution in [-0.2, 0) is 5.41 Å². The molecule has 1 aromatic heterocycles. The highest BCUT2D eigenvalue weighted by molar-refractivity contribution is 7.25. The lowest BCUT2D eigenvalue weighted by molar-refractivity contribution is 0.768. The van der Waals surface area contributed by atoms with Crippen LogP contribution in [0, 0.1) is 0 Å². The van der Waals surface area contributed by atoms with E-state index in [0.29, 0.717) is 0 Å². The summed E-state index contributed by atoms with van der Waals surface area (Å²) in [5, 5.41) is 5.13. The van der Waals surface area contributed by atoms with Crippen molar-refractivity contribution in [3.63, 3.8) is 0 Å². The minimum Gasteiger partial charge on any atom is -0.310 e. The number of thiophene rings is 1. The smallest absolute Gasteiger partial charge is 0.0714 e. The van der Waals surface area contributed by atoms with E-state index in [2.05, 4.69) is 241 Å². The van der Waals surface area contributed by atoms with Gasteiger partial charge in [0.25, 0.3) is 0 Å². The summed E-state index contributed by atoms with van der Waals surface area (Å²) in [7, 11) is 0. The van der Waals surface area contributed by atoms with Gasteiger partial charge in [-0.2, -0.15) is 0 Å². The van der Waals surface area contributed by atoms with Crippen LogP contribution in [0.3, 0.4) is 0 Å². The van der Waals surface area contributed by atoms with Crippen molar-refractivity contribution in [3.05, 3.63) is 259 Å². The van der Waals surface area contributed by atoms with Gasteiger partial charge in [0.1, 0.15) is 0 Å². The van der Waals surface area contributed by atoms with E-state index in [0.717, 1.165) is 17.1 Å². The molecule has 1 heterocycles. The summed E-state index contributed by atoms with van der Waals surface area (Å²) in [4.78, 5) is 2.44. The van der Waals surface area contributed by atoms with E-state index < -0.39 is 5.41 Å². The van der Waals surface area contributed by atoms with Crippen LogP contribution >= 0.6 is 11.3 Å². The standard InChI is InChI=1S/C59H39NS/c1-3-18-44(19-4-1)59(45-20-5-2-6-21-45)55-27-11-9-24-51(55)52-36-34-48(39-56(52)59)60(47-22-13-17-43(37-47)50-26-14-16-41-15-7-8-23-49(41)50)46-32-29-40(30-33-46)42-31-35-54-53-25-10-12-28-57(53)61-58(54)38-42/h1-39H. The van der Waals surface area contributed by atoms with Crippen LogP contribution in [0.2, 0.25) is 0 Å². The van der Waals surface area contributed by atoms with E-state index in [1.165, 1.54) is 86.6 Å². The zero-order valence-electron chi connectivity index (χ0n) is 33.4. The largest absolute Gasteiger partial charge is 0.310 e. The van der Waals surface area contributed by atoms with Gasteiger partial charge in [-0.1, -0.05) is 188 Å². The lowest BCUT2D eigenvalue weighted by Gasteiger charge is -2.35. The first-order valence-electron chi connectivity index (χ1n) is 21.0. The number of fused-ring (bicyclic) bond motifs is 7. The molecule has 0 N–H and O–H groups in total. The predicted molar refractivity (Wildman–Crippen MR) is 260 cm³/mol. The van der Waals surface area contributed by atoms with Crippen LogP contribution in [0.5, 0.6) is 0 Å². The van der Waals surface area contributed by atoms with Gasteiger partial charge in [0.05, 0.1) is 5.41 Å².